The fourth-order valence-corrected chi connectivity index (χ4v) is 3.06. The molecule has 9 heteroatoms. The second-order valence-electron chi connectivity index (χ2n) is 6.00. The number of alkyl halides is 3. The van der Waals surface area contributed by atoms with Crippen LogP contribution in [0.25, 0.3) is 0 Å². The molecule has 0 bridgehead atoms. The highest BCUT2D eigenvalue weighted by Gasteiger charge is 2.29. The maximum atomic E-state index is 12.8. The summed E-state index contributed by atoms with van der Waals surface area (Å²) in [6, 6.07) is 15.9. The van der Waals surface area contributed by atoms with Gasteiger partial charge in [-0.05, 0) is 60.3 Å². The Morgan fingerprint density at radius 3 is 1.90 bits per heavy atom. The van der Waals surface area contributed by atoms with Crippen LogP contribution in [0.4, 0.5) is 23.7 Å². The van der Waals surface area contributed by atoms with E-state index in [9.17, 15) is 18.0 Å². The van der Waals surface area contributed by atoms with E-state index < -0.39 is 11.5 Å². The van der Waals surface area contributed by atoms with E-state index in [1.54, 1.807) is 24.5 Å². The van der Waals surface area contributed by atoms with Gasteiger partial charge in [-0.2, -0.15) is 13.2 Å². The van der Waals surface area contributed by atoms with E-state index in [0.29, 0.717) is 17.1 Å². The fourth-order valence-electron chi connectivity index (χ4n) is 2.52. The first-order chi connectivity index (χ1) is 13.9. The van der Waals surface area contributed by atoms with Crippen LogP contribution in [0.5, 0.6) is 0 Å². The molecule has 0 aliphatic heterocycles. The minimum atomic E-state index is -4.35. The van der Waals surface area contributed by atoms with Gasteiger partial charge >= 0.3 is 11.5 Å². The molecule has 0 radical (unpaired) electrons. The first kappa shape index (κ1) is 20.7. The Morgan fingerprint density at radius 1 is 0.897 bits per heavy atom. The van der Waals surface area contributed by atoms with Gasteiger partial charge in [0.1, 0.15) is 0 Å². The zero-order chi connectivity index (χ0) is 20.7. The van der Waals surface area contributed by atoms with Crippen molar-refractivity contribution >= 4 is 23.5 Å². The maximum Gasteiger partial charge on any atom is 0.446 e. The summed E-state index contributed by atoms with van der Waals surface area (Å²) in [5.41, 5.74) is -2.55. The van der Waals surface area contributed by atoms with Crippen LogP contribution in [0, 0.1) is 0 Å². The SMILES string of the molecule is O=C(Nc1ccc(SC(F)(F)F)cc1)N(Cc1ccccn1)Cc1ccccn1. The van der Waals surface area contributed by atoms with Gasteiger partial charge < -0.3 is 10.2 Å². The number of nitrogens with one attached hydrogen (secondary N) is 1. The summed E-state index contributed by atoms with van der Waals surface area (Å²) in [6.07, 6.45) is 3.28. The number of aromatic nitrogens is 2. The summed E-state index contributed by atoms with van der Waals surface area (Å²) in [4.78, 5) is 22.9. The zero-order valence-corrected chi connectivity index (χ0v) is 16.0. The summed E-state index contributed by atoms with van der Waals surface area (Å²) >= 11 is -0.201. The van der Waals surface area contributed by atoms with Gasteiger partial charge in [0.15, 0.2) is 0 Å². The molecule has 2 heterocycles. The molecule has 0 aliphatic carbocycles. The number of urea groups is 1. The molecule has 150 valence electrons. The molecular weight excluding hydrogens is 401 g/mol. The van der Waals surface area contributed by atoms with Crippen molar-refractivity contribution < 1.29 is 18.0 Å². The number of amides is 2. The van der Waals surface area contributed by atoms with Crippen LogP contribution in [0.1, 0.15) is 11.4 Å². The highest BCUT2D eigenvalue weighted by atomic mass is 32.2. The van der Waals surface area contributed by atoms with E-state index in [-0.39, 0.29) is 29.7 Å². The normalized spacial score (nSPS) is 11.1. The summed E-state index contributed by atoms with van der Waals surface area (Å²) in [7, 11) is 0. The Balaban J connectivity index is 1.71. The van der Waals surface area contributed by atoms with Crippen molar-refractivity contribution in [1.29, 1.82) is 0 Å². The van der Waals surface area contributed by atoms with Gasteiger partial charge in [-0.1, -0.05) is 12.1 Å². The van der Waals surface area contributed by atoms with Crippen LogP contribution >= 0.6 is 11.8 Å². The van der Waals surface area contributed by atoms with Gasteiger partial charge in [-0.25, -0.2) is 4.79 Å². The van der Waals surface area contributed by atoms with Crippen molar-refractivity contribution in [2.75, 3.05) is 5.32 Å². The molecular formula is C20H17F3N4OS. The molecule has 3 rings (SSSR count). The fraction of sp³-hybridized carbons (Fsp3) is 0.150. The molecule has 0 atom stereocenters. The zero-order valence-electron chi connectivity index (χ0n) is 15.1. The van der Waals surface area contributed by atoms with Gasteiger partial charge in [0.05, 0.1) is 24.5 Å². The molecule has 2 amide bonds. The number of benzene rings is 1. The molecule has 0 fully saturated rings. The van der Waals surface area contributed by atoms with Crippen LogP contribution in [-0.4, -0.2) is 26.4 Å². The number of nitrogens with zero attached hydrogens (tertiary/aromatic N) is 3. The van der Waals surface area contributed by atoms with E-state index in [1.807, 2.05) is 24.3 Å². The van der Waals surface area contributed by atoms with Crippen molar-refractivity contribution in [2.45, 2.75) is 23.5 Å². The van der Waals surface area contributed by atoms with Gasteiger partial charge in [0, 0.05) is 23.0 Å². The molecule has 0 aliphatic rings. The van der Waals surface area contributed by atoms with Gasteiger partial charge in [-0.15, -0.1) is 0 Å². The lowest BCUT2D eigenvalue weighted by Gasteiger charge is -2.22. The van der Waals surface area contributed by atoms with E-state index >= 15 is 0 Å². The van der Waals surface area contributed by atoms with Gasteiger partial charge in [0.2, 0.25) is 0 Å². The number of hydrogen-bond donors (Lipinski definition) is 1. The molecule has 5 nitrogen and oxygen atoms in total. The average molecular weight is 418 g/mol. The number of halogens is 3. The summed E-state index contributed by atoms with van der Waals surface area (Å²) in [6.45, 7) is 0.510. The number of hydrogen-bond acceptors (Lipinski definition) is 4. The second kappa shape index (κ2) is 9.42. The Bertz CT molecular complexity index is 880. The van der Waals surface area contributed by atoms with E-state index in [4.69, 9.17) is 0 Å². The van der Waals surface area contributed by atoms with Crippen LogP contribution in [-0.2, 0) is 13.1 Å². The number of anilines is 1. The quantitative estimate of drug-likeness (QED) is 0.550. The van der Waals surface area contributed by atoms with Crippen molar-refractivity contribution in [1.82, 2.24) is 14.9 Å². The Hall–Kier alpha value is -3.07. The molecule has 0 unspecified atom stereocenters. The van der Waals surface area contributed by atoms with Crippen molar-refractivity contribution in [3.05, 3.63) is 84.4 Å². The van der Waals surface area contributed by atoms with Crippen LogP contribution < -0.4 is 5.32 Å². The van der Waals surface area contributed by atoms with Gasteiger partial charge in [0.25, 0.3) is 0 Å². The highest BCUT2D eigenvalue weighted by molar-refractivity contribution is 8.00. The van der Waals surface area contributed by atoms with E-state index in [0.717, 1.165) is 0 Å². The second-order valence-corrected chi connectivity index (χ2v) is 7.14. The van der Waals surface area contributed by atoms with Crippen molar-refractivity contribution in [3.8, 4) is 0 Å². The smallest absolute Gasteiger partial charge is 0.313 e. The van der Waals surface area contributed by atoms with Crippen molar-refractivity contribution in [3.63, 3.8) is 0 Å². The van der Waals surface area contributed by atoms with Crippen molar-refractivity contribution in [2.24, 2.45) is 0 Å². The molecule has 0 spiro atoms. The minimum Gasteiger partial charge on any atom is -0.313 e. The van der Waals surface area contributed by atoms with Crippen LogP contribution in [0.3, 0.4) is 0 Å². The first-order valence-corrected chi connectivity index (χ1v) is 9.42. The summed E-state index contributed by atoms with van der Waals surface area (Å²) in [5.74, 6) is 0. The monoisotopic (exact) mass is 418 g/mol. The lowest BCUT2D eigenvalue weighted by molar-refractivity contribution is -0.0328. The number of rotatable bonds is 6. The molecule has 1 aromatic carbocycles. The predicted molar refractivity (Wildman–Crippen MR) is 105 cm³/mol. The average Bonchev–Trinajstić information content (AvgIpc) is 2.69. The van der Waals surface area contributed by atoms with Gasteiger partial charge in [-0.3, -0.25) is 9.97 Å². The number of carbonyl (C=O) groups is 1. The van der Waals surface area contributed by atoms with E-state index in [2.05, 4.69) is 15.3 Å². The van der Waals surface area contributed by atoms with E-state index in [1.165, 1.54) is 29.2 Å². The third-order valence-electron chi connectivity index (χ3n) is 3.78. The number of pyridine rings is 2. The largest absolute Gasteiger partial charge is 0.446 e. The molecule has 0 saturated heterocycles. The molecule has 1 N–H and O–H groups in total. The van der Waals surface area contributed by atoms with Crippen LogP contribution in [0.2, 0.25) is 0 Å². The minimum absolute atomic E-state index is 0.0503. The van der Waals surface area contributed by atoms with Crippen LogP contribution in [0.15, 0.2) is 78.0 Å². The lowest BCUT2D eigenvalue weighted by atomic mass is 10.3. The Labute approximate surface area is 170 Å². The Kier molecular flexibility index (Phi) is 6.71. The molecule has 0 saturated carbocycles. The number of thioether (sulfide) groups is 1. The maximum absolute atomic E-state index is 12.8. The first-order valence-electron chi connectivity index (χ1n) is 8.60. The standard InChI is InChI=1S/C20H17F3N4OS/c21-20(22,23)29-18-9-7-15(8-10-18)26-19(28)27(13-16-5-1-3-11-24-16)14-17-6-2-4-12-25-17/h1-12H,13-14H2,(H,26,28). The highest BCUT2D eigenvalue weighted by Crippen LogP contribution is 2.37. The molecule has 29 heavy (non-hydrogen) atoms. The third-order valence-corrected chi connectivity index (χ3v) is 4.52. The molecule has 2 aromatic heterocycles. The third kappa shape index (κ3) is 6.79. The molecule has 3 aromatic rings. The lowest BCUT2D eigenvalue weighted by Crippen LogP contribution is -2.34. The predicted octanol–water partition coefficient (Wildman–Crippen LogP) is 5.32. The summed E-state index contributed by atoms with van der Waals surface area (Å²) < 4.78 is 37.3. The topological polar surface area (TPSA) is 58.1 Å². The Morgan fingerprint density at radius 2 is 1.45 bits per heavy atom. The number of carbonyl (C=O) groups excluding carboxylic acids is 1. The summed E-state index contributed by atoms with van der Waals surface area (Å²) in [5, 5.41) is 2.71.